The van der Waals surface area contributed by atoms with Gasteiger partial charge < -0.3 is 19.7 Å². The van der Waals surface area contributed by atoms with Gasteiger partial charge in [-0.15, -0.1) is 0 Å². The average molecular weight is 401 g/mol. The van der Waals surface area contributed by atoms with Gasteiger partial charge in [-0.05, 0) is 31.7 Å². The van der Waals surface area contributed by atoms with Crippen LogP contribution in [0.2, 0.25) is 0 Å². The van der Waals surface area contributed by atoms with Crippen LogP contribution in [0.25, 0.3) is 0 Å². The molecule has 0 radical (unpaired) electrons. The number of methoxy groups -OCH3 is 1. The number of nitrogens with one attached hydrogen (secondary N) is 2. The Balaban J connectivity index is 1.50. The van der Waals surface area contributed by atoms with Crippen molar-refractivity contribution in [2.45, 2.75) is 44.6 Å². The second-order valence-corrected chi connectivity index (χ2v) is 7.17. The minimum atomic E-state index is -0.288. The largest absolute Gasteiger partial charge is 0.481 e. The maximum Gasteiger partial charge on any atom is 0.409 e. The van der Waals surface area contributed by atoms with Gasteiger partial charge in [-0.3, -0.25) is 9.89 Å². The molecule has 0 aromatic carbocycles. The molecule has 0 bridgehead atoms. The summed E-state index contributed by atoms with van der Waals surface area (Å²) in [4.78, 5) is 29.8. The summed E-state index contributed by atoms with van der Waals surface area (Å²) in [7, 11) is 3.27. The Morgan fingerprint density at radius 3 is 2.86 bits per heavy atom. The van der Waals surface area contributed by atoms with E-state index in [2.05, 4.69) is 20.5 Å². The molecule has 2 heterocycles. The molecule has 1 aliphatic carbocycles. The number of H-pyrrole nitrogens is 1. The molecule has 2 unspecified atom stereocenters. The summed E-state index contributed by atoms with van der Waals surface area (Å²) < 4.78 is 10.5. The predicted octanol–water partition coefficient (Wildman–Crippen LogP) is 2.72. The maximum atomic E-state index is 12.2. The zero-order chi connectivity index (χ0) is 20.8. The molecule has 0 spiro atoms. The monoisotopic (exact) mass is 401 g/mol. The highest BCUT2D eigenvalue weighted by molar-refractivity contribution is 5.91. The van der Waals surface area contributed by atoms with E-state index in [1.54, 1.807) is 37.4 Å². The molecule has 2 aromatic heterocycles. The van der Waals surface area contributed by atoms with Crippen molar-refractivity contribution in [3.05, 3.63) is 35.7 Å². The van der Waals surface area contributed by atoms with E-state index in [1.807, 2.05) is 13.0 Å². The smallest absolute Gasteiger partial charge is 0.409 e. The number of carbonyl (C=O) groups is 2. The number of hydrogen-bond acceptors (Lipinski definition) is 6. The van der Waals surface area contributed by atoms with Crippen molar-refractivity contribution in [1.29, 1.82) is 0 Å². The summed E-state index contributed by atoms with van der Waals surface area (Å²) >= 11 is 0. The van der Waals surface area contributed by atoms with E-state index in [0.717, 1.165) is 30.5 Å². The fraction of sp³-hybridized carbons (Fsp3) is 0.500. The van der Waals surface area contributed by atoms with Gasteiger partial charge in [0.25, 0.3) is 0 Å². The van der Waals surface area contributed by atoms with Crippen LogP contribution in [0.1, 0.15) is 43.4 Å². The lowest BCUT2D eigenvalue weighted by Crippen LogP contribution is -2.30. The molecule has 1 saturated carbocycles. The number of aromatic amines is 1. The van der Waals surface area contributed by atoms with Gasteiger partial charge >= 0.3 is 6.09 Å². The molecule has 2 aromatic rings. The number of nitrogens with zero attached hydrogens (tertiary/aromatic N) is 3. The lowest BCUT2D eigenvalue weighted by molar-refractivity contribution is -0.115. The minimum Gasteiger partial charge on any atom is -0.481 e. The summed E-state index contributed by atoms with van der Waals surface area (Å²) in [6.07, 6.45) is 3.90. The van der Waals surface area contributed by atoms with E-state index in [1.165, 1.54) is 0 Å². The van der Waals surface area contributed by atoms with Crippen LogP contribution in [0.15, 0.2) is 24.4 Å². The molecule has 1 aliphatic rings. The van der Waals surface area contributed by atoms with Crippen LogP contribution in [0, 0.1) is 0 Å². The third-order valence-corrected chi connectivity index (χ3v) is 5.11. The van der Waals surface area contributed by atoms with E-state index in [4.69, 9.17) is 9.47 Å². The van der Waals surface area contributed by atoms with E-state index >= 15 is 0 Å². The van der Waals surface area contributed by atoms with E-state index < -0.39 is 0 Å². The maximum absolute atomic E-state index is 12.2. The fourth-order valence-corrected chi connectivity index (χ4v) is 3.31. The Hall–Kier alpha value is -3.10. The zero-order valence-electron chi connectivity index (χ0n) is 17.0. The first-order valence-corrected chi connectivity index (χ1v) is 9.74. The number of amides is 2. The SMILES string of the molecule is CCN(C)C(=O)OC1CCC(c2cc(NC(=O)Cc3ccc(OC)nc3)n[nH]2)C1. The summed E-state index contributed by atoms with van der Waals surface area (Å²) in [6, 6.07) is 5.37. The molecule has 0 aliphatic heterocycles. The number of pyridine rings is 1. The number of aromatic nitrogens is 3. The molecular formula is C20H27N5O4. The van der Waals surface area contributed by atoms with Gasteiger partial charge in [-0.25, -0.2) is 9.78 Å². The van der Waals surface area contributed by atoms with Crippen molar-refractivity contribution in [3.63, 3.8) is 0 Å². The Kier molecular flexibility index (Phi) is 6.69. The number of rotatable bonds is 7. The van der Waals surface area contributed by atoms with Crippen LogP contribution in [-0.2, 0) is 16.0 Å². The number of anilines is 1. The van der Waals surface area contributed by atoms with Gasteiger partial charge in [0.05, 0.1) is 13.5 Å². The van der Waals surface area contributed by atoms with Gasteiger partial charge in [-0.2, -0.15) is 5.10 Å². The van der Waals surface area contributed by atoms with E-state index in [0.29, 0.717) is 18.2 Å². The number of carbonyl (C=O) groups excluding carboxylic acids is 2. The fourth-order valence-electron chi connectivity index (χ4n) is 3.31. The number of hydrogen-bond donors (Lipinski definition) is 2. The van der Waals surface area contributed by atoms with Crippen LogP contribution in [0.5, 0.6) is 5.88 Å². The molecule has 9 nitrogen and oxygen atoms in total. The van der Waals surface area contributed by atoms with Crippen molar-refractivity contribution in [1.82, 2.24) is 20.1 Å². The molecule has 9 heteroatoms. The highest BCUT2D eigenvalue weighted by atomic mass is 16.6. The van der Waals surface area contributed by atoms with E-state index in [-0.39, 0.29) is 30.4 Å². The third-order valence-electron chi connectivity index (χ3n) is 5.11. The second kappa shape index (κ2) is 9.40. The van der Waals surface area contributed by atoms with Crippen molar-refractivity contribution in [3.8, 4) is 5.88 Å². The summed E-state index contributed by atoms with van der Waals surface area (Å²) in [5.74, 6) is 1.05. The second-order valence-electron chi connectivity index (χ2n) is 7.17. The molecule has 1 fully saturated rings. The summed E-state index contributed by atoms with van der Waals surface area (Å²) in [6.45, 7) is 2.52. The topological polar surface area (TPSA) is 109 Å². The highest BCUT2D eigenvalue weighted by Gasteiger charge is 2.30. The molecule has 2 N–H and O–H groups in total. The van der Waals surface area contributed by atoms with Crippen molar-refractivity contribution in [2.75, 3.05) is 26.0 Å². The van der Waals surface area contributed by atoms with Crippen molar-refractivity contribution >= 4 is 17.8 Å². The molecule has 29 heavy (non-hydrogen) atoms. The van der Waals surface area contributed by atoms with Crippen LogP contribution in [0.3, 0.4) is 0 Å². The van der Waals surface area contributed by atoms with Crippen LogP contribution in [0.4, 0.5) is 10.6 Å². The molecule has 3 rings (SSSR count). The highest BCUT2D eigenvalue weighted by Crippen LogP contribution is 2.36. The van der Waals surface area contributed by atoms with Crippen molar-refractivity contribution in [2.24, 2.45) is 0 Å². The first kappa shape index (κ1) is 20.6. The Morgan fingerprint density at radius 1 is 1.34 bits per heavy atom. The molecule has 2 amide bonds. The predicted molar refractivity (Wildman–Crippen MR) is 107 cm³/mol. The molecular weight excluding hydrogens is 374 g/mol. The van der Waals surface area contributed by atoms with Gasteiger partial charge in [0.1, 0.15) is 6.10 Å². The molecule has 0 saturated heterocycles. The number of ether oxygens (including phenoxy) is 2. The average Bonchev–Trinajstić information content (AvgIpc) is 3.37. The Morgan fingerprint density at radius 2 is 2.17 bits per heavy atom. The Bertz CT molecular complexity index is 836. The van der Waals surface area contributed by atoms with Crippen LogP contribution in [-0.4, -0.2) is 58.9 Å². The van der Waals surface area contributed by atoms with Crippen molar-refractivity contribution < 1.29 is 19.1 Å². The standard InChI is InChI=1S/C20H27N5O4/c1-4-25(2)20(27)29-15-7-6-14(10-15)16-11-17(24-23-16)22-18(26)9-13-5-8-19(28-3)21-12-13/h5,8,11-12,14-15H,4,6-7,9-10H2,1-3H3,(H2,22,23,24,26). The minimum absolute atomic E-state index is 0.0922. The quantitative estimate of drug-likeness (QED) is 0.738. The lowest BCUT2D eigenvalue weighted by Gasteiger charge is -2.18. The summed E-state index contributed by atoms with van der Waals surface area (Å²) in [5, 5.41) is 9.98. The van der Waals surface area contributed by atoms with Gasteiger partial charge in [0, 0.05) is 43.5 Å². The van der Waals surface area contributed by atoms with E-state index in [9.17, 15) is 9.59 Å². The first-order valence-electron chi connectivity index (χ1n) is 9.74. The molecule has 2 atom stereocenters. The first-order chi connectivity index (χ1) is 14.0. The zero-order valence-corrected chi connectivity index (χ0v) is 17.0. The van der Waals surface area contributed by atoms with Gasteiger partial charge in [0.2, 0.25) is 11.8 Å². The third kappa shape index (κ3) is 5.46. The Labute approximate surface area is 169 Å². The normalized spacial score (nSPS) is 18.3. The molecule has 156 valence electrons. The van der Waals surface area contributed by atoms with Crippen LogP contribution < -0.4 is 10.1 Å². The van der Waals surface area contributed by atoms with Crippen LogP contribution >= 0.6 is 0 Å². The lowest BCUT2D eigenvalue weighted by atomic mass is 10.0. The van der Waals surface area contributed by atoms with Gasteiger partial charge in [0.15, 0.2) is 5.82 Å². The summed E-state index contributed by atoms with van der Waals surface area (Å²) in [5.41, 5.74) is 1.73. The van der Waals surface area contributed by atoms with Gasteiger partial charge in [-0.1, -0.05) is 6.07 Å².